The van der Waals surface area contributed by atoms with Crippen LogP contribution in [0.15, 0.2) is 53.7 Å². The maximum Gasteiger partial charge on any atom is 0.148 e. The van der Waals surface area contributed by atoms with Crippen molar-refractivity contribution in [1.29, 1.82) is 10.5 Å². The first-order valence-corrected chi connectivity index (χ1v) is 9.91. The van der Waals surface area contributed by atoms with Crippen LogP contribution in [-0.2, 0) is 5.75 Å². The van der Waals surface area contributed by atoms with Gasteiger partial charge in [-0.25, -0.2) is 9.37 Å². The lowest BCUT2D eigenvalue weighted by Gasteiger charge is -2.36. The molecule has 0 saturated carbocycles. The molecule has 0 unspecified atom stereocenters. The van der Waals surface area contributed by atoms with Crippen LogP contribution in [0.25, 0.3) is 11.1 Å². The van der Waals surface area contributed by atoms with E-state index in [1.807, 2.05) is 36.4 Å². The molecular weight excluding hydrogens is 387 g/mol. The molecule has 1 fully saturated rings. The Labute approximate surface area is 171 Å². The number of pyridine rings is 1. The molecule has 0 atom stereocenters. The molecule has 0 N–H and O–H groups in total. The van der Waals surface area contributed by atoms with Crippen LogP contribution in [0, 0.1) is 22.7 Å². The first-order valence-electron chi connectivity index (χ1n) is 8.93. The van der Waals surface area contributed by atoms with Gasteiger partial charge in [-0.1, -0.05) is 42.1 Å². The van der Waals surface area contributed by atoms with Crippen molar-refractivity contribution in [3.63, 3.8) is 0 Å². The van der Waals surface area contributed by atoms with Gasteiger partial charge in [-0.05, 0) is 17.7 Å². The second kappa shape index (κ2) is 8.26. The van der Waals surface area contributed by atoms with E-state index in [1.54, 1.807) is 17.2 Å². The molecule has 6 nitrogen and oxygen atoms in total. The number of aromatic nitrogens is 3. The molecule has 1 aliphatic heterocycles. The summed E-state index contributed by atoms with van der Waals surface area (Å²) in [5.41, 5.74) is 2.67. The molecule has 3 aromatic rings. The van der Waals surface area contributed by atoms with Crippen molar-refractivity contribution in [1.82, 2.24) is 15.2 Å². The minimum atomic E-state index is -0.935. The summed E-state index contributed by atoms with van der Waals surface area (Å²) >= 11 is 1.35. The van der Waals surface area contributed by atoms with Gasteiger partial charge in [0.1, 0.15) is 34.7 Å². The third-order valence-corrected chi connectivity index (χ3v) is 5.56. The van der Waals surface area contributed by atoms with Gasteiger partial charge in [-0.3, -0.25) is 0 Å². The maximum absolute atomic E-state index is 13.5. The zero-order chi connectivity index (χ0) is 20.2. The van der Waals surface area contributed by atoms with Gasteiger partial charge < -0.3 is 4.90 Å². The normalized spacial score (nSPS) is 13.4. The van der Waals surface area contributed by atoms with Crippen molar-refractivity contribution in [2.45, 2.75) is 17.0 Å². The van der Waals surface area contributed by atoms with Crippen LogP contribution in [0.4, 0.5) is 10.2 Å². The molecule has 4 rings (SSSR count). The van der Waals surface area contributed by atoms with E-state index in [1.165, 1.54) is 11.8 Å². The number of nitrogens with zero attached hydrogens (tertiary/aromatic N) is 6. The fourth-order valence-electron chi connectivity index (χ4n) is 3.14. The van der Waals surface area contributed by atoms with Crippen molar-refractivity contribution in [2.24, 2.45) is 0 Å². The van der Waals surface area contributed by atoms with Gasteiger partial charge in [-0.2, -0.15) is 20.7 Å². The smallest absolute Gasteiger partial charge is 0.148 e. The Morgan fingerprint density at radius 2 is 1.83 bits per heavy atom. The molecule has 142 valence electrons. The summed E-state index contributed by atoms with van der Waals surface area (Å²) in [6.07, 6.45) is 0.660. The monoisotopic (exact) mass is 402 g/mol. The largest absolute Gasteiger partial charge is 0.349 e. The molecule has 29 heavy (non-hydrogen) atoms. The Morgan fingerprint density at radius 1 is 1.07 bits per heavy atom. The second-order valence-corrected chi connectivity index (χ2v) is 7.43. The van der Waals surface area contributed by atoms with Gasteiger partial charge in [0.25, 0.3) is 0 Å². The van der Waals surface area contributed by atoms with Crippen LogP contribution < -0.4 is 4.90 Å². The number of hydrogen-bond acceptors (Lipinski definition) is 7. The van der Waals surface area contributed by atoms with Crippen molar-refractivity contribution in [2.75, 3.05) is 18.0 Å². The lowest BCUT2D eigenvalue weighted by molar-refractivity contribution is 0.273. The van der Waals surface area contributed by atoms with Crippen LogP contribution in [0.5, 0.6) is 0 Å². The number of hydrogen-bond donors (Lipinski definition) is 0. The Morgan fingerprint density at radius 3 is 2.45 bits per heavy atom. The second-order valence-electron chi connectivity index (χ2n) is 6.46. The van der Waals surface area contributed by atoms with E-state index in [9.17, 15) is 14.9 Å². The van der Waals surface area contributed by atoms with E-state index in [2.05, 4.69) is 27.3 Å². The van der Waals surface area contributed by atoms with Crippen LogP contribution in [0.1, 0.15) is 16.8 Å². The summed E-state index contributed by atoms with van der Waals surface area (Å²) in [4.78, 5) is 6.34. The molecule has 0 radical (unpaired) electrons. The SMILES string of the molecule is N#Cc1c(SCc2cccnn2)nc(N2CC(F)C2)c(C#N)c1-c1ccccc1. The van der Waals surface area contributed by atoms with E-state index in [0.29, 0.717) is 33.3 Å². The summed E-state index contributed by atoms with van der Waals surface area (Å²) in [7, 11) is 0. The van der Waals surface area contributed by atoms with Gasteiger partial charge in [-0.15, -0.1) is 0 Å². The first kappa shape index (κ1) is 18.9. The number of halogens is 1. The van der Waals surface area contributed by atoms with Crippen molar-refractivity contribution in [3.8, 4) is 23.3 Å². The fraction of sp³-hybridized carbons (Fsp3) is 0.190. The lowest BCUT2D eigenvalue weighted by atomic mass is 9.96. The zero-order valence-corrected chi connectivity index (χ0v) is 16.1. The van der Waals surface area contributed by atoms with Gasteiger partial charge >= 0.3 is 0 Å². The van der Waals surface area contributed by atoms with E-state index in [-0.39, 0.29) is 13.1 Å². The highest BCUT2D eigenvalue weighted by molar-refractivity contribution is 7.98. The highest BCUT2D eigenvalue weighted by atomic mass is 32.2. The summed E-state index contributed by atoms with van der Waals surface area (Å²) in [6.45, 7) is 0.381. The molecule has 3 heterocycles. The molecule has 1 saturated heterocycles. The van der Waals surface area contributed by atoms with E-state index in [4.69, 9.17) is 0 Å². The minimum Gasteiger partial charge on any atom is -0.349 e. The lowest BCUT2D eigenvalue weighted by Crippen LogP contribution is -2.49. The van der Waals surface area contributed by atoms with Gasteiger partial charge in [0.15, 0.2) is 0 Å². The average Bonchev–Trinajstić information content (AvgIpc) is 2.75. The summed E-state index contributed by atoms with van der Waals surface area (Å²) in [5, 5.41) is 28.2. The van der Waals surface area contributed by atoms with Crippen molar-refractivity contribution in [3.05, 3.63) is 65.5 Å². The van der Waals surface area contributed by atoms with Crippen LogP contribution in [0.3, 0.4) is 0 Å². The Bertz CT molecular complexity index is 1100. The first-order chi connectivity index (χ1) is 14.2. The topological polar surface area (TPSA) is 89.5 Å². The number of thioether (sulfide) groups is 1. The van der Waals surface area contributed by atoms with E-state index < -0.39 is 6.17 Å². The molecule has 2 aromatic heterocycles. The van der Waals surface area contributed by atoms with Gasteiger partial charge in [0.05, 0.1) is 24.3 Å². The minimum absolute atomic E-state index is 0.191. The maximum atomic E-state index is 13.5. The van der Waals surface area contributed by atoms with Crippen molar-refractivity contribution < 1.29 is 4.39 Å². The third-order valence-electron chi connectivity index (χ3n) is 4.55. The van der Waals surface area contributed by atoms with E-state index in [0.717, 1.165) is 11.3 Å². The zero-order valence-electron chi connectivity index (χ0n) is 15.3. The molecule has 0 amide bonds. The number of rotatable bonds is 5. The van der Waals surface area contributed by atoms with Crippen LogP contribution in [-0.4, -0.2) is 34.4 Å². The van der Waals surface area contributed by atoms with Gasteiger partial charge in [0, 0.05) is 17.5 Å². The van der Waals surface area contributed by atoms with Crippen LogP contribution >= 0.6 is 11.8 Å². The van der Waals surface area contributed by atoms with E-state index >= 15 is 0 Å². The Hall–Kier alpha value is -3.49. The standard InChI is InChI=1S/C21H15FN6S/c22-15-11-28(12-15)20-17(9-23)19(14-5-2-1-3-6-14)18(10-24)21(26-20)29-13-16-7-4-8-25-27-16/h1-8,15H,11-13H2. The highest BCUT2D eigenvalue weighted by Gasteiger charge is 2.32. The summed E-state index contributed by atoms with van der Waals surface area (Å²) in [5.74, 6) is 0.891. The molecule has 1 aliphatic rings. The van der Waals surface area contributed by atoms with Crippen LogP contribution in [0.2, 0.25) is 0 Å². The molecule has 1 aromatic carbocycles. The quantitative estimate of drug-likeness (QED) is 0.601. The Kier molecular flexibility index (Phi) is 5.37. The number of anilines is 1. The summed E-state index contributed by atoms with van der Waals surface area (Å²) < 4.78 is 13.5. The fourth-order valence-corrected chi connectivity index (χ4v) is 4.02. The predicted molar refractivity (Wildman–Crippen MR) is 108 cm³/mol. The molecule has 0 bridgehead atoms. The van der Waals surface area contributed by atoms with Crippen molar-refractivity contribution >= 4 is 17.6 Å². The highest BCUT2D eigenvalue weighted by Crippen LogP contribution is 2.39. The average molecular weight is 402 g/mol. The third kappa shape index (κ3) is 3.75. The molecule has 0 aliphatic carbocycles. The molecule has 0 spiro atoms. The molecule has 8 heteroatoms. The number of alkyl halides is 1. The summed E-state index contributed by atoms with van der Waals surface area (Å²) in [6, 6.07) is 17.3. The van der Waals surface area contributed by atoms with Gasteiger partial charge in [0.2, 0.25) is 0 Å². The predicted octanol–water partition coefficient (Wildman–Crippen LogP) is 3.73. The number of nitriles is 2. The number of benzene rings is 1. The molecular formula is C21H15FN6S. The Balaban J connectivity index is 1.85.